The fraction of sp³-hybridized carbons (Fsp3) is 0.176. The quantitative estimate of drug-likeness (QED) is 0.655. The molecule has 0 unspecified atom stereocenters. The predicted molar refractivity (Wildman–Crippen MR) is 85.2 cm³/mol. The molecule has 22 heavy (non-hydrogen) atoms. The highest BCUT2D eigenvalue weighted by Crippen LogP contribution is 2.23. The van der Waals surface area contributed by atoms with Gasteiger partial charge in [-0.1, -0.05) is 35.9 Å². The van der Waals surface area contributed by atoms with Crippen LogP contribution in [0.2, 0.25) is 0 Å². The Morgan fingerprint density at radius 1 is 1.14 bits per heavy atom. The van der Waals surface area contributed by atoms with Crippen LogP contribution in [-0.4, -0.2) is 13.5 Å². The molecular weight excluding hydrogens is 300 g/mol. The van der Waals surface area contributed by atoms with Gasteiger partial charge in [-0.05, 0) is 43.2 Å². The molecule has 1 atom stereocenters. The third-order valence-electron chi connectivity index (χ3n) is 3.17. The van der Waals surface area contributed by atoms with Crippen LogP contribution in [0.5, 0.6) is 5.75 Å². The van der Waals surface area contributed by atoms with Crippen molar-refractivity contribution in [3.05, 3.63) is 72.3 Å². The molecule has 5 heteroatoms. The van der Waals surface area contributed by atoms with Gasteiger partial charge < -0.3 is 9.29 Å². The van der Waals surface area contributed by atoms with Crippen molar-refractivity contribution in [3.8, 4) is 5.75 Å². The second kappa shape index (κ2) is 6.77. The molecule has 116 valence electrons. The largest absolute Gasteiger partial charge is 0.388 e. The first-order valence-corrected chi connectivity index (χ1v) is 8.23. The van der Waals surface area contributed by atoms with Crippen LogP contribution in [0.25, 0.3) is 0 Å². The SMILES string of the molecule is C=CC[C@H](O)c1ccc(OS(=O)(=O)c2ccc(C)cc2)cc1. The first-order chi connectivity index (χ1) is 10.4. The molecule has 0 aliphatic heterocycles. The van der Waals surface area contributed by atoms with Gasteiger partial charge in [0.2, 0.25) is 0 Å². The monoisotopic (exact) mass is 318 g/mol. The van der Waals surface area contributed by atoms with Crippen LogP contribution in [0.1, 0.15) is 23.7 Å². The van der Waals surface area contributed by atoms with Gasteiger partial charge in [0, 0.05) is 0 Å². The van der Waals surface area contributed by atoms with Crippen molar-refractivity contribution < 1.29 is 17.7 Å². The van der Waals surface area contributed by atoms with E-state index in [-0.39, 0.29) is 10.6 Å². The zero-order valence-electron chi connectivity index (χ0n) is 12.3. The summed E-state index contributed by atoms with van der Waals surface area (Å²) in [4.78, 5) is 0.105. The number of aryl methyl sites for hydroxylation is 1. The summed E-state index contributed by atoms with van der Waals surface area (Å²) in [6, 6.07) is 12.7. The lowest BCUT2D eigenvalue weighted by atomic mass is 10.1. The Bertz CT molecular complexity index is 731. The standard InChI is InChI=1S/C17H18O4S/c1-3-4-17(18)14-7-9-15(10-8-14)21-22(19,20)16-11-5-13(2)6-12-16/h3,5-12,17-18H,1,4H2,2H3/t17-/m0/s1. The smallest absolute Gasteiger partial charge is 0.339 e. The van der Waals surface area contributed by atoms with Crippen molar-refractivity contribution >= 4 is 10.1 Å². The fourth-order valence-corrected chi connectivity index (χ4v) is 2.85. The maximum atomic E-state index is 12.1. The van der Waals surface area contributed by atoms with E-state index in [4.69, 9.17) is 4.18 Å². The minimum absolute atomic E-state index is 0.105. The highest BCUT2D eigenvalue weighted by atomic mass is 32.2. The second-order valence-electron chi connectivity index (χ2n) is 4.96. The van der Waals surface area contributed by atoms with E-state index in [0.717, 1.165) is 5.56 Å². The zero-order valence-corrected chi connectivity index (χ0v) is 13.1. The average Bonchev–Trinajstić information content (AvgIpc) is 2.48. The van der Waals surface area contributed by atoms with Gasteiger partial charge in [0.25, 0.3) is 0 Å². The lowest BCUT2D eigenvalue weighted by Gasteiger charge is -2.10. The summed E-state index contributed by atoms with van der Waals surface area (Å²) in [5.74, 6) is 0.204. The van der Waals surface area contributed by atoms with Crippen LogP contribution in [0.3, 0.4) is 0 Å². The van der Waals surface area contributed by atoms with Gasteiger partial charge in [-0.3, -0.25) is 0 Å². The van der Waals surface area contributed by atoms with Gasteiger partial charge in [-0.25, -0.2) is 0 Å². The van der Waals surface area contributed by atoms with Gasteiger partial charge in [-0.2, -0.15) is 8.42 Å². The lowest BCUT2D eigenvalue weighted by Crippen LogP contribution is -2.09. The molecule has 0 aliphatic rings. The minimum Gasteiger partial charge on any atom is -0.388 e. The molecule has 0 aliphatic carbocycles. The van der Waals surface area contributed by atoms with Crippen molar-refractivity contribution in [3.63, 3.8) is 0 Å². The van der Waals surface area contributed by atoms with E-state index in [1.165, 1.54) is 24.3 Å². The summed E-state index contributed by atoms with van der Waals surface area (Å²) in [5, 5.41) is 9.82. The van der Waals surface area contributed by atoms with Gasteiger partial charge >= 0.3 is 10.1 Å². The second-order valence-corrected chi connectivity index (χ2v) is 6.51. The Hall–Kier alpha value is -2.11. The maximum absolute atomic E-state index is 12.1. The number of aliphatic hydroxyl groups excluding tert-OH is 1. The van der Waals surface area contributed by atoms with Crippen LogP contribution in [0.15, 0.2) is 66.1 Å². The zero-order chi connectivity index (χ0) is 16.2. The van der Waals surface area contributed by atoms with Crippen LogP contribution in [-0.2, 0) is 10.1 Å². The molecule has 2 aromatic rings. The first kappa shape index (κ1) is 16.3. The first-order valence-electron chi connectivity index (χ1n) is 6.82. The molecule has 0 radical (unpaired) electrons. The normalized spacial score (nSPS) is 12.6. The van der Waals surface area contributed by atoms with E-state index in [2.05, 4.69) is 6.58 Å². The third-order valence-corrected chi connectivity index (χ3v) is 4.43. The third kappa shape index (κ3) is 3.96. The van der Waals surface area contributed by atoms with E-state index < -0.39 is 16.2 Å². The van der Waals surface area contributed by atoms with E-state index in [0.29, 0.717) is 12.0 Å². The Kier molecular flexibility index (Phi) is 5.00. The minimum atomic E-state index is -3.85. The molecule has 0 heterocycles. The van der Waals surface area contributed by atoms with Crippen molar-refractivity contribution in [1.29, 1.82) is 0 Å². The molecule has 0 spiro atoms. The van der Waals surface area contributed by atoms with Gasteiger partial charge in [-0.15, -0.1) is 6.58 Å². The predicted octanol–water partition coefficient (Wildman–Crippen LogP) is 3.37. The van der Waals surface area contributed by atoms with E-state index >= 15 is 0 Å². The number of benzene rings is 2. The molecular formula is C17H18O4S. The highest BCUT2D eigenvalue weighted by molar-refractivity contribution is 7.87. The van der Waals surface area contributed by atoms with Crippen LogP contribution >= 0.6 is 0 Å². The Morgan fingerprint density at radius 3 is 2.27 bits per heavy atom. The maximum Gasteiger partial charge on any atom is 0.339 e. The Labute approximate surface area is 130 Å². The average molecular weight is 318 g/mol. The lowest BCUT2D eigenvalue weighted by molar-refractivity contribution is 0.181. The summed E-state index contributed by atoms with van der Waals surface area (Å²) in [5.41, 5.74) is 1.65. The van der Waals surface area contributed by atoms with Crippen molar-refractivity contribution in [2.45, 2.75) is 24.3 Å². The Balaban J connectivity index is 2.16. The van der Waals surface area contributed by atoms with Gasteiger partial charge in [0.05, 0.1) is 6.10 Å². The van der Waals surface area contributed by atoms with Gasteiger partial charge in [0.15, 0.2) is 0 Å². The highest BCUT2D eigenvalue weighted by Gasteiger charge is 2.16. The van der Waals surface area contributed by atoms with Gasteiger partial charge in [0.1, 0.15) is 10.6 Å². The molecule has 0 aromatic heterocycles. The van der Waals surface area contributed by atoms with E-state index in [1.807, 2.05) is 6.92 Å². The summed E-state index contributed by atoms with van der Waals surface area (Å²) in [6.45, 7) is 5.45. The van der Waals surface area contributed by atoms with Crippen molar-refractivity contribution in [2.75, 3.05) is 0 Å². The summed E-state index contributed by atoms with van der Waals surface area (Å²) >= 11 is 0. The molecule has 0 saturated heterocycles. The van der Waals surface area contributed by atoms with Crippen LogP contribution < -0.4 is 4.18 Å². The fourth-order valence-electron chi connectivity index (χ4n) is 1.92. The van der Waals surface area contributed by atoms with Crippen LogP contribution in [0, 0.1) is 6.92 Å². The molecule has 0 saturated carbocycles. The Morgan fingerprint density at radius 2 is 1.73 bits per heavy atom. The molecule has 2 rings (SSSR count). The van der Waals surface area contributed by atoms with Crippen molar-refractivity contribution in [2.24, 2.45) is 0 Å². The van der Waals surface area contributed by atoms with E-state index in [1.54, 1.807) is 30.3 Å². The molecule has 2 aromatic carbocycles. The van der Waals surface area contributed by atoms with Crippen LogP contribution in [0.4, 0.5) is 0 Å². The molecule has 0 amide bonds. The molecule has 4 nitrogen and oxygen atoms in total. The van der Waals surface area contributed by atoms with Crippen molar-refractivity contribution in [1.82, 2.24) is 0 Å². The number of aliphatic hydroxyl groups is 1. The molecule has 0 bridgehead atoms. The topological polar surface area (TPSA) is 63.6 Å². The summed E-state index contributed by atoms with van der Waals surface area (Å²) < 4.78 is 29.4. The molecule has 1 N–H and O–H groups in total. The summed E-state index contributed by atoms with van der Waals surface area (Å²) in [6.07, 6.45) is 1.40. The number of hydrogen-bond donors (Lipinski definition) is 1. The van der Waals surface area contributed by atoms with E-state index in [9.17, 15) is 13.5 Å². The number of rotatable bonds is 6. The summed E-state index contributed by atoms with van der Waals surface area (Å²) in [7, 11) is -3.85. The number of hydrogen-bond acceptors (Lipinski definition) is 4. The molecule has 0 fully saturated rings.